The molecule has 2 heterocycles. The summed E-state index contributed by atoms with van der Waals surface area (Å²) in [7, 11) is 0. The van der Waals surface area contributed by atoms with E-state index in [4.69, 9.17) is 17.3 Å². The Morgan fingerprint density at radius 3 is 2.93 bits per heavy atom. The molecule has 0 aliphatic rings. The van der Waals surface area contributed by atoms with Crippen molar-refractivity contribution in [3.8, 4) is 0 Å². The minimum absolute atomic E-state index is 0.292. The zero-order valence-electron chi connectivity index (χ0n) is 6.85. The standard InChI is InChI=1S/C7H5ClN4S2/c8-4-5(9)11-3-12-6(4)14-7-10-1-2-13-7/h1-3H,(H2,9,11,12). The highest BCUT2D eigenvalue weighted by Gasteiger charge is 2.09. The van der Waals surface area contributed by atoms with Gasteiger partial charge in [-0.15, -0.1) is 11.3 Å². The third-order valence-corrected chi connectivity index (χ3v) is 3.75. The number of anilines is 1. The third kappa shape index (κ3) is 1.97. The van der Waals surface area contributed by atoms with Gasteiger partial charge < -0.3 is 5.73 Å². The molecule has 0 radical (unpaired) electrons. The number of nitrogen functional groups attached to an aromatic ring is 1. The zero-order valence-corrected chi connectivity index (χ0v) is 9.23. The Balaban J connectivity index is 2.29. The number of nitrogens with zero attached hydrogens (tertiary/aromatic N) is 3. The first kappa shape index (κ1) is 9.70. The van der Waals surface area contributed by atoms with Gasteiger partial charge in [-0.1, -0.05) is 11.6 Å². The highest BCUT2D eigenvalue weighted by atomic mass is 35.5. The molecule has 2 rings (SSSR count). The Morgan fingerprint density at radius 1 is 1.36 bits per heavy atom. The first-order valence-corrected chi connectivity index (χ1v) is 5.68. The van der Waals surface area contributed by atoms with E-state index in [9.17, 15) is 0 Å². The molecule has 0 fully saturated rings. The highest BCUT2D eigenvalue weighted by Crippen LogP contribution is 2.34. The highest BCUT2D eigenvalue weighted by molar-refractivity contribution is 8.01. The van der Waals surface area contributed by atoms with E-state index in [-0.39, 0.29) is 0 Å². The van der Waals surface area contributed by atoms with Crippen LogP contribution in [-0.2, 0) is 0 Å². The topological polar surface area (TPSA) is 64.7 Å². The summed E-state index contributed by atoms with van der Waals surface area (Å²) in [5.41, 5.74) is 5.54. The van der Waals surface area contributed by atoms with Gasteiger partial charge in [0, 0.05) is 11.6 Å². The lowest BCUT2D eigenvalue weighted by molar-refractivity contribution is 1.05. The average Bonchev–Trinajstić information content (AvgIpc) is 2.66. The molecule has 7 heteroatoms. The molecule has 0 saturated heterocycles. The van der Waals surface area contributed by atoms with Crippen LogP contribution >= 0.6 is 34.7 Å². The van der Waals surface area contributed by atoms with Crippen LogP contribution in [0, 0.1) is 0 Å². The van der Waals surface area contributed by atoms with Crippen LogP contribution in [0.2, 0.25) is 5.02 Å². The quantitative estimate of drug-likeness (QED) is 0.822. The Kier molecular flexibility index (Phi) is 2.85. The van der Waals surface area contributed by atoms with Gasteiger partial charge in [0.1, 0.15) is 22.2 Å². The first-order valence-electron chi connectivity index (χ1n) is 3.60. The fraction of sp³-hybridized carbons (Fsp3) is 0. The predicted octanol–water partition coefficient (Wildman–Crippen LogP) is 2.32. The Morgan fingerprint density at radius 2 is 2.21 bits per heavy atom. The van der Waals surface area contributed by atoms with E-state index < -0.39 is 0 Å². The van der Waals surface area contributed by atoms with E-state index in [0.717, 1.165) is 4.34 Å². The van der Waals surface area contributed by atoms with Gasteiger partial charge >= 0.3 is 0 Å². The van der Waals surface area contributed by atoms with Gasteiger partial charge in [0.05, 0.1) is 0 Å². The molecule has 0 atom stereocenters. The molecule has 0 bridgehead atoms. The van der Waals surface area contributed by atoms with Crippen LogP contribution < -0.4 is 5.73 Å². The maximum Gasteiger partial charge on any atom is 0.156 e. The Bertz CT molecular complexity index is 431. The lowest BCUT2D eigenvalue weighted by atomic mass is 10.6. The van der Waals surface area contributed by atoms with Gasteiger partial charge in [-0.2, -0.15) is 0 Å². The molecule has 4 nitrogen and oxygen atoms in total. The monoisotopic (exact) mass is 244 g/mol. The lowest BCUT2D eigenvalue weighted by Crippen LogP contribution is -1.94. The fourth-order valence-corrected chi connectivity index (χ4v) is 2.52. The number of halogens is 1. The van der Waals surface area contributed by atoms with E-state index in [1.807, 2.05) is 5.38 Å². The molecule has 0 unspecified atom stereocenters. The molecule has 2 aromatic heterocycles. The van der Waals surface area contributed by atoms with Gasteiger partial charge in [-0.05, 0) is 11.8 Å². The molecule has 0 aliphatic heterocycles. The van der Waals surface area contributed by atoms with Gasteiger partial charge in [0.2, 0.25) is 0 Å². The third-order valence-electron chi connectivity index (χ3n) is 1.38. The van der Waals surface area contributed by atoms with Crippen LogP contribution in [0.25, 0.3) is 0 Å². The second-order valence-corrected chi connectivity index (χ2v) is 4.79. The van der Waals surface area contributed by atoms with Crippen LogP contribution in [0.1, 0.15) is 0 Å². The minimum Gasteiger partial charge on any atom is -0.382 e. The molecule has 2 aromatic rings. The van der Waals surface area contributed by atoms with Crippen molar-refractivity contribution in [1.82, 2.24) is 15.0 Å². The largest absolute Gasteiger partial charge is 0.382 e. The number of rotatable bonds is 2. The maximum absolute atomic E-state index is 5.92. The molecule has 0 aliphatic carbocycles. The smallest absolute Gasteiger partial charge is 0.156 e. The summed E-state index contributed by atoms with van der Waals surface area (Å²) >= 11 is 8.82. The van der Waals surface area contributed by atoms with Crippen LogP contribution in [0.15, 0.2) is 27.3 Å². The maximum atomic E-state index is 5.92. The van der Waals surface area contributed by atoms with Gasteiger partial charge in [0.25, 0.3) is 0 Å². The van der Waals surface area contributed by atoms with Crippen LogP contribution in [0.4, 0.5) is 5.82 Å². The van der Waals surface area contributed by atoms with Crippen molar-refractivity contribution >= 4 is 40.5 Å². The van der Waals surface area contributed by atoms with E-state index in [2.05, 4.69) is 15.0 Å². The first-order chi connectivity index (χ1) is 6.77. The molecule has 2 N–H and O–H groups in total. The average molecular weight is 245 g/mol. The van der Waals surface area contributed by atoms with E-state index in [1.165, 1.54) is 29.4 Å². The second kappa shape index (κ2) is 4.12. The van der Waals surface area contributed by atoms with Crippen molar-refractivity contribution in [2.24, 2.45) is 0 Å². The van der Waals surface area contributed by atoms with Crippen molar-refractivity contribution in [3.63, 3.8) is 0 Å². The van der Waals surface area contributed by atoms with Gasteiger partial charge in [0.15, 0.2) is 4.34 Å². The normalized spacial score (nSPS) is 10.4. The summed E-state index contributed by atoms with van der Waals surface area (Å²) in [5.74, 6) is 0.292. The van der Waals surface area contributed by atoms with Crippen molar-refractivity contribution in [2.45, 2.75) is 9.37 Å². The molecule has 14 heavy (non-hydrogen) atoms. The van der Waals surface area contributed by atoms with Crippen molar-refractivity contribution in [2.75, 3.05) is 5.73 Å². The van der Waals surface area contributed by atoms with E-state index in [1.54, 1.807) is 6.20 Å². The van der Waals surface area contributed by atoms with Crippen molar-refractivity contribution in [1.29, 1.82) is 0 Å². The summed E-state index contributed by atoms with van der Waals surface area (Å²) in [5, 5.41) is 2.91. The van der Waals surface area contributed by atoms with E-state index in [0.29, 0.717) is 15.9 Å². The molecule has 0 saturated carbocycles. The molecule has 0 amide bonds. The fourth-order valence-electron chi connectivity index (χ4n) is 0.781. The molecule has 0 spiro atoms. The summed E-state index contributed by atoms with van der Waals surface area (Å²) in [4.78, 5) is 11.9. The van der Waals surface area contributed by atoms with E-state index >= 15 is 0 Å². The second-order valence-electron chi connectivity index (χ2n) is 2.28. The molecular formula is C7H5ClN4S2. The van der Waals surface area contributed by atoms with Crippen LogP contribution in [-0.4, -0.2) is 15.0 Å². The minimum atomic E-state index is 0.292. The number of hydrogen-bond donors (Lipinski definition) is 1. The summed E-state index contributed by atoms with van der Waals surface area (Å²) in [6.45, 7) is 0. The summed E-state index contributed by atoms with van der Waals surface area (Å²) in [6.07, 6.45) is 3.11. The number of thiazole rings is 1. The van der Waals surface area contributed by atoms with Crippen LogP contribution in [0.3, 0.4) is 0 Å². The predicted molar refractivity (Wildman–Crippen MR) is 57.7 cm³/mol. The number of aromatic nitrogens is 3. The van der Waals surface area contributed by atoms with Gasteiger partial charge in [-0.3, -0.25) is 0 Å². The molecule has 0 aromatic carbocycles. The zero-order chi connectivity index (χ0) is 9.97. The summed E-state index contributed by atoms with van der Waals surface area (Å²) in [6, 6.07) is 0. The molecule has 72 valence electrons. The van der Waals surface area contributed by atoms with Gasteiger partial charge in [-0.25, -0.2) is 15.0 Å². The molecular weight excluding hydrogens is 240 g/mol. The SMILES string of the molecule is Nc1ncnc(Sc2nccs2)c1Cl. The van der Waals surface area contributed by atoms with Crippen LogP contribution in [0.5, 0.6) is 0 Å². The summed E-state index contributed by atoms with van der Waals surface area (Å²) < 4.78 is 0.880. The Labute approximate surface area is 93.6 Å². The van der Waals surface area contributed by atoms with Crippen molar-refractivity contribution < 1.29 is 0 Å². The lowest BCUT2D eigenvalue weighted by Gasteiger charge is -2.00. The van der Waals surface area contributed by atoms with Crippen molar-refractivity contribution in [3.05, 3.63) is 22.9 Å². The number of nitrogens with two attached hydrogens (primary N) is 1. The Hall–Kier alpha value is -0.850. The number of hydrogen-bond acceptors (Lipinski definition) is 6.